The van der Waals surface area contributed by atoms with Crippen LogP contribution in [0.25, 0.3) is 0 Å². The fraction of sp³-hybridized carbons (Fsp3) is 0.226. The molecule has 6 rings (SSSR count). The third-order valence-electron chi connectivity index (χ3n) is 7.65. The summed E-state index contributed by atoms with van der Waals surface area (Å²) in [4.78, 5) is 55.0. The summed E-state index contributed by atoms with van der Waals surface area (Å²) in [6.07, 6.45) is -4.82. The monoisotopic (exact) mass is 655 g/mol. The number of benzene rings is 3. The number of carbonyl (C=O) groups is 3. The molecule has 3 heterocycles. The van der Waals surface area contributed by atoms with Gasteiger partial charge < -0.3 is 14.8 Å². The summed E-state index contributed by atoms with van der Waals surface area (Å²) in [6, 6.07) is 17.8. The molecule has 1 saturated heterocycles. The number of hydrogen-bond donors (Lipinski definition) is 1. The highest BCUT2D eigenvalue weighted by molar-refractivity contribution is 8.00. The molecule has 2 aliphatic rings. The van der Waals surface area contributed by atoms with Gasteiger partial charge in [-0.3, -0.25) is 23.7 Å². The Kier molecular flexibility index (Phi) is 7.95. The lowest BCUT2D eigenvalue weighted by Crippen LogP contribution is -2.33. The molecule has 3 amide bonds. The summed E-state index contributed by atoms with van der Waals surface area (Å²) < 4.78 is 53.9. The maximum Gasteiger partial charge on any atom is 0.418 e. The number of thiazole rings is 1. The van der Waals surface area contributed by atoms with Crippen LogP contribution >= 0.6 is 23.1 Å². The van der Waals surface area contributed by atoms with E-state index in [1.807, 2.05) is 0 Å². The first-order valence-corrected chi connectivity index (χ1v) is 15.2. The standard InChI is InChI=1S/C31H24F3N3O6S2/c1-42-17-13-11-16(12-14-17)35-22(38)15-36-29-26(45-30(36)41)23(18-7-3-6-10-21(18)43-2)24-25(44-29)28(40)37(27(24)39)20-9-5-4-8-19(20)31(32,33)34/h3-14,23-25H,15H2,1-2H3,(H,35,38)/t23-,24-,25+/m0/s1. The summed E-state index contributed by atoms with van der Waals surface area (Å²) in [5.41, 5.74) is -0.729. The van der Waals surface area contributed by atoms with E-state index in [0.29, 0.717) is 37.6 Å². The van der Waals surface area contributed by atoms with Gasteiger partial charge in [0.15, 0.2) is 0 Å². The number of alkyl halides is 3. The van der Waals surface area contributed by atoms with Crippen LogP contribution in [0.4, 0.5) is 24.5 Å². The Balaban J connectivity index is 1.43. The molecule has 4 aromatic rings. The number of rotatable bonds is 7. The molecule has 1 N–H and O–H groups in total. The number of fused-ring (bicyclic) bond motifs is 2. The number of imide groups is 1. The summed E-state index contributed by atoms with van der Waals surface area (Å²) in [6.45, 7) is -0.400. The smallest absolute Gasteiger partial charge is 0.418 e. The van der Waals surface area contributed by atoms with E-state index < -0.39 is 63.7 Å². The molecule has 1 fully saturated rings. The summed E-state index contributed by atoms with van der Waals surface area (Å²) in [5.74, 6) is -3.28. The number of amides is 3. The molecule has 14 heteroatoms. The third kappa shape index (κ3) is 5.37. The second-order valence-electron chi connectivity index (χ2n) is 10.2. The molecule has 232 valence electrons. The molecule has 0 radical (unpaired) electrons. The van der Waals surface area contributed by atoms with Crippen LogP contribution in [0.2, 0.25) is 0 Å². The predicted octanol–water partition coefficient (Wildman–Crippen LogP) is 5.38. The van der Waals surface area contributed by atoms with Gasteiger partial charge in [-0.15, -0.1) is 0 Å². The van der Waals surface area contributed by atoms with E-state index in [-0.39, 0.29) is 0 Å². The third-order valence-corrected chi connectivity index (χ3v) is 10.3. The van der Waals surface area contributed by atoms with E-state index in [1.54, 1.807) is 48.5 Å². The van der Waals surface area contributed by atoms with Crippen molar-refractivity contribution in [2.75, 3.05) is 24.4 Å². The first-order chi connectivity index (χ1) is 21.5. The minimum Gasteiger partial charge on any atom is -0.497 e. The lowest BCUT2D eigenvalue weighted by Gasteiger charge is -2.31. The van der Waals surface area contributed by atoms with Gasteiger partial charge in [0.05, 0.1) is 36.4 Å². The largest absolute Gasteiger partial charge is 0.497 e. The number of hydrogen-bond acceptors (Lipinski definition) is 8. The molecule has 3 atom stereocenters. The molecular weight excluding hydrogens is 631 g/mol. The number of thioether (sulfide) groups is 1. The second kappa shape index (κ2) is 11.7. The maximum absolute atomic E-state index is 14.1. The zero-order valence-electron chi connectivity index (χ0n) is 23.7. The molecule has 0 spiro atoms. The van der Waals surface area contributed by atoms with Crippen LogP contribution in [0.5, 0.6) is 11.5 Å². The van der Waals surface area contributed by atoms with Gasteiger partial charge in [0, 0.05) is 22.0 Å². The van der Waals surface area contributed by atoms with Crippen molar-refractivity contribution in [1.29, 1.82) is 0 Å². The Morgan fingerprint density at radius 1 is 0.911 bits per heavy atom. The van der Waals surface area contributed by atoms with Crippen molar-refractivity contribution in [1.82, 2.24) is 4.57 Å². The van der Waals surface area contributed by atoms with Crippen LogP contribution in [-0.4, -0.2) is 41.8 Å². The van der Waals surface area contributed by atoms with E-state index in [0.717, 1.165) is 35.2 Å². The average molecular weight is 656 g/mol. The number of carbonyl (C=O) groups excluding carboxylic acids is 3. The quantitative estimate of drug-likeness (QED) is 0.267. The number of halogens is 3. The minimum atomic E-state index is -4.82. The van der Waals surface area contributed by atoms with Crippen LogP contribution < -0.4 is 24.6 Å². The van der Waals surface area contributed by atoms with E-state index in [4.69, 9.17) is 9.47 Å². The van der Waals surface area contributed by atoms with Crippen molar-refractivity contribution in [3.05, 3.63) is 98.5 Å². The van der Waals surface area contributed by atoms with Gasteiger partial charge in [-0.25, -0.2) is 4.90 Å². The number of para-hydroxylation sites is 2. The van der Waals surface area contributed by atoms with Gasteiger partial charge in [-0.2, -0.15) is 13.2 Å². The van der Waals surface area contributed by atoms with Crippen LogP contribution in [0.1, 0.15) is 21.9 Å². The number of methoxy groups -OCH3 is 2. The Morgan fingerprint density at radius 3 is 2.29 bits per heavy atom. The highest BCUT2D eigenvalue weighted by Gasteiger charge is 2.58. The zero-order chi connectivity index (χ0) is 32.0. The normalized spacial score (nSPS) is 19.2. The molecule has 0 bridgehead atoms. The van der Waals surface area contributed by atoms with E-state index in [1.165, 1.54) is 30.9 Å². The van der Waals surface area contributed by atoms with Gasteiger partial charge >= 0.3 is 11.0 Å². The minimum absolute atomic E-state index is 0.291. The number of nitrogens with zero attached hydrogens (tertiary/aromatic N) is 2. The van der Waals surface area contributed by atoms with Crippen LogP contribution in [0, 0.1) is 5.92 Å². The Hall–Kier alpha value is -4.56. The van der Waals surface area contributed by atoms with Crippen molar-refractivity contribution in [2.24, 2.45) is 5.92 Å². The molecule has 0 saturated carbocycles. The van der Waals surface area contributed by atoms with Crippen LogP contribution in [0.15, 0.2) is 82.6 Å². The number of anilines is 2. The van der Waals surface area contributed by atoms with Gasteiger partial charge in [-0.1, -0.05) is 53.4 Å². The molecular formula is C31H24F3N3O6S2. The average Bonchev–Trinajstić information content (AvgIpc) is 3.47. The van der Waals surface area contributed by atoms with Gasteiger partial charge in [0.1, 0.15) is 23.3 Å². The first-order valence-electron chi connectivity index (χ1n) is 13.5. The first kappa shape index (κ1) is 30.5. The SMILES string of the molecule is COc1ccc(NC(=O)Cn2c3c(sc2=O)[C@@H](c2ccccc2OC)[C@@H]2C(=O)N(c4ccccc4C(F)(F)F)C(=O)[C@@H]2S3)cc1. The maximum atomic E-state index is 14.1. The lowest BCUT2D eigenvalue weighted by molar-refractivity contribution is -0.137. The van der Waals surface area contributed by atoms with E-state index in [2.05, 4.69) is 5.32 Å². The molecule has 45 heavy (non-hydrogen) atoms. The van der Waals surface area contributed by atoms with Crippen molar-refractivity contribution < 1.29 is 37.0 Å². The summed E-state index contributed by atoms with van der Waals surface area (Å²) in [7, 11) is 2.94. The number of nitrogens with one attached hydrogen (secondary N) is 1. The molecule has 9 nitrogen and oxygen atoms in total. The number of ether oxygens (including phenoxy) is 2. The van der Waals surface area contributed by atoms with Gasteiger partial charge in [-0.05, 0) is 42.5 Å². The Morgan fingerprint density at radius 2 is 1.60 bits per heavy atom. The fourth-order valence-electron chi connectivity index (χ4n) is 5.68. The highest BCUT2D eigenvalue weighted by Crippen LogP contribution is 2.55. The highest BCUT2D eigenvalue weighted by atomic mass is 32.2. The number of aromatic nitrogens is 1. The molecule has 0 unspecified atom stereocenters. The van der Waals surface area contributed by atoms with E-state index in [9.17, 15) is 32.3 Å². The van der Waals surface area contributed by atoms with Crippen molar-refractivity contribution in [3.8, 4) is 11.5 Å². The van der Waals surface area contributed by atoms with Crippen molar-refractivity contribution in [3.63, 3.8) is 0 Å². The lowest BCUT2D eigenvalue weighted by atomic mass is 9.82. The topological polar surface area (TPSA) is 107 Å². The zero-order valence-corrected chi connectivity index (χ0v) is 25.3. The molecule has 2 aliphatic heterocycles. The van der Waals surface area contributed by atoms with Gasteiger partial charge in [0.2, 0.25) is 17.7 Å². The summed E-state index contributed by atoms with van der Waals surface area (Å²) >= 11 is 1.73. The van der Waals surface area contributed by atoms with Crippen molar-refractivity contribution >= 4 is 52.2 Å². The molecule has 1 aromatic heterocycles. The summed E-state index contributed by atoms with van der Waals surface area (Å²) in [5, 5.41) is 1.84. The molecule has 3 aromatic carbocycles. The van der Waals surface area contributed by atoms with Crippen LogP contribution in [-0.2, 0) is 27.1 Å². The Labute approximate surface area is 262 Å². The Bertz CT molecular complexity index is 1870. The van der Waals surface area contributed by atoms with Crippen molar-refractivity contribution in [2.45, 2.75) is 28.9 Å². The van der Waals surface area contributed by atoms with Crippen LogP contribution in [0.3, 0.4) is 0 Å². The predicted molar refractivity (Wildman–Crippen MR) is 162 cm³/mol. The molecule has 0 aliphatic carbocycles. The van der Waals surface area contributed by atoms with E-state index >= 15 is 0 Å². The fourth-order valence-corrected chi connectivity index (χ4v) is 8.44. The van der Waals surface area contributed by atoms with Gasteiger partial charge in [0.25, 0.3) is 0 Å². The second-order valence-corrected chi connectivity index (χ2v) is 12.3.